The zero-order chi connectivity index (χ0) is 12.4. The average molecular weight is 712 g/mol. The van der Waals surface area contributed by atoms with Crippen LogP contribution < -0.4 is 0 Å². The maximum atomic E-state index is 11.5. The van der Waals surface area contributed by atoms with Gasteiger partial charge in [0.15, 0.2) is 0 Å². The van der Waals surface area contributed by atoms with E-state index < -0.39 is 21.4 Å². The molecule has 0 fully saturated rings. The van der Waals surface area contributed by atoms with Crippen molar-refractivity contribution in [2.24, 2.45) is 0 Å². The molecule has 3 unspecified atom stereocenters. The van der Waals surface area contributed by atoms with E-state index in [0.29, 0.717) is 0 Å². The number of ketones is 1. The smallest absolute Gasteiger partial charge is 0.324 e. The molecule has 0 heterocycles. The Kier molecular flexibility index (Phi) is 9.20. The summed E-state index contributed by atoms with van der Waals surface area (Å²) in [5.41, 5.74) is 0. The van der Waals surface area contributed by atoms with Gasteiger partial charge in [-0.05, 0) is 20.9 Å². The van der Waals surface area contributed by atoms with Crippen LogP contribution in [0.3, 0.4) is 0 Å². The molecular formula is C6H15NO6P2ReRf. The van der Waals surface area contributed by atoms with E-state index in [1.54, 1.807) is 0 Å². The molecule has 0 aliphatic rings. The van der Waals surface area contributed by atoms with Crippen LogP contribution in [0.2, 0.25) is 0 Å². The minimum Gasteiger partial charge on any atom is -0.324 e. The monoisotopic (exact) mass is 713 g/mol. The summed E-state index contributed by atoms with van der Waals surface area (Å²) in [5.74, 6) is -0.348. The van der Waals surface area contributed by atoms with Crippen molar-refractivity contribution in [3.63, 3.8) is 0 Å². The first-order valence-corrected chi connectivity index (χ1v) is 7.61. The molecule has 0 bridgehead atoms. The molecule has 17 heavy (non-hydrogen) atoms. The fourth-order valence-electron chi connectivity index (χ4n) is 0.737. The second-order valence-electron chi connectivity index (χ2n) is 3.24. The summed E-state index contributed by atoms with van der Waals surface area (Å²) in [6.45, 7) is 3.43. The molecule has 0 saturated heterocycles. The normalized spacial score (nSPS) is 19.2. The first-order valence-electron chi connectivity index (χ1n) is 4.05. The zero-order valence-electron chi connectivity index (χ0n) is 10.0. The average Bonchev–Trinajstić information content (AvgIpc) is 1.96. The van der Waals surface area contributed by atoms with Crippen molar-refractivity contribution in [1.82, 2.24) is 4.67 Å². The van der Waals surface area contributed by atoms with Crippen molar-refractivity contribution in [3.05, 3.63) is 0 Å². The summed E-state index contributed by atoms with van der Waals surface area (Å²) in [7, 11) is -7.32. The molecule has 2 N–H and O–H groups in total. The predicted octanol–water partition coefficient (Wildman–Crippen LogP) is 0.825. The number of Topliss-reactive ketones (excluding diaryl/α,β-unsaturated/α-hetero) is 1. The van der Waals surface area contributed by atoms with E-state index in [4.69, 9.17) is 4.89 Å². The van der Waals surface area contributed by atoms with Crippen molar-refractivity contribution >= 4 is 21.1 Å². The summed E-state index contributed by atoms with van der Waals surface area (Å²) in [6, 6.07) is -0.868. The molecule has 11 heteroatoms. The van der Waals surface area contributed by atoms with Gasteiger partial charge in [0.05, 0.1) is 6.04 Å². The number of hydrogen-bond acceptors (Lipinski definition) is 4. The molecule has 7 nitrogen and oxygen atoms in total. The first-order chi connectivity index (χ1) is 6.47. The number of carbonyl (C=O) groups is 1. The Hall–Kier alpha value is -0.368. The van der Waals surface area contributed by atoms with Crippen molar-refractivity contribution < 1.29 is 48.4 Å². The zero-order valence-corrected chi connectivity index (χ0v) is 20.9. The van der Waals surface area contributed by atoms with Gasteiger partial charge in [0.2, 0.25) is 0 Å². The molecule has 0 aromatic carbocycles. The van der Waals surface area contributed by atoms with Crippen LogP contribution in [-0.2, 0) is 38.7 Å². The Labute approximate surface area is 108 Å². The number of rotatable bonds is 5. The van der Waals surface area contributed by atoms with Gasteiger partial charge < -0.3 is 9.79 Å². The first kappa shape index (κ1) is 21.9. The summed E-state index contributed by atoms with van der Waals surface area (Å²) >= 11 is 0. The van der Waals surface area contributed by atoms with Crippen LogP contribution in [-0.4, -0.2) is 40.0 Å². The molecule has 99 valence electrons. The summed E-state index contributed by atoms with van der Waals surface area (Å²) < 4.78 is 27.2. The predicted molar refractivity (Wildman–Crippen MR) is 54.6 cm³/mol. The fraction of sp³-hybridized carbons (Fsp3) is 0.833. The van der Waals surface area contributed by atoms with Gasteiger partial charge in [-0.3, -0.25) is 9.36 Å². The van der Waals surface area contributed by atoms with Crippen molar-refractivity contribution in [2.75, 3.05) is 13.7 Å². The summed E-state index contributed by atoms with van der Waals surface area (Å²) in [5, 5.41) is 0. The summed E-state index contributed by atoms with van der Waals surface area (Å²) in [4.78, 5) is 29.1. The van der Waals surface area contributed by atoms with Crippen LogP contribution in [0.1, 0.15) is 13.8 Å². The van der Waals surface area contributed by atoms with E-state index in [2.05, 4.69) is 4.31 Å². The molecule has 0 aromatic rings. The third-order valence-electron chi connectivity index (χ3n) is 1.81. The van der Waals surface area contributed by atoms with E-state index in [9.17, 15) is 18.8 Å². The summed E-state index contributed by atoms with van der Waals surface area (Å²) in [6.07, 6.45) is 0. The molecule has 1 radical (unpaired) electrons. The Morgan fingerprint density at radius 3 is 1.94 bits per heavy atom. The van der Waals surface area contributed by atoms with Gasteiger partial charge in [0.25, 0.3) is 0 Å². The molecule has 0 aromatic heterocycles. The maximum Gasteiger partial charge on any atom is 0.413 e. The van der Waals surface area contributed by atoms with Crippen LogP contribution in [0.25, 0.3) is 0 Å². The molecule has 0 saturated carbocycles. The molecule has 0 rings (SSSR count). The topological polar surface area (TPSA) is 104 Å². The Balaban J connectivity index is -0.000000980. The molecule has 0 amide bonds. The van der Waals surface area contributed by atoms with Gasteiger partial charge in [-0.25, -0.2) is 13.5 Å². The van der Waals surface area contributed by atoms with Crippen molar-refractivity contribution in [1.29, 1.82) is 0 Å². The van der Waals surface area contributed by atoms with Crippen LogP contribution in [0.4, 0.5) is 0 Å². The second kappa shape index (κ2) is 7.15. The number of carbonyl (C=O) groups excluding carboxylic acids is 1. The molecule has 0 spiro atoms. The minimum atomic E-state index is -4.42. The number of hydrogen-bond donors (Lipinski definition) is 2. The van der Waals surface area contributed by atoms with Crippen LogP contribution in [0, 0.1) is 0 Å². The van der Waals surface area contributed by atoms with E-state index in [1.807, 2.05) is 0 Å². The van der Waals surface area contributed by atoms with Gasteiger partial charge in [-0.2, -0.15) is 0 Å². The Morgan fingerprint density at radius 1 is 1.35 bits per heavy atom. The van der Waals surface area contributed by atoms with Crippen LogP contribution in [0.15, 0.2) is 0 Å². The maximum absolute atomic E-state index is 11.5. The van der Waals surface area contributed by atoms with Gasteiger partial charge in [-0.15, -0.1) is 0 Å². The third kappa shape index (κ3) is 7.54. The van der Waals surface area contributed by atoms with E-state index in [0.717, 1.165) is 11.3 Å². The molecular weight excluding hydrogens is 697 g/mol. The van der Waals surface area contributed by atoms with E-state index >= 15 is 0 Å². The van der Waals surface area contributed by atoms with Gasteiger partial charge >= 0.3 is 15.3 Å². The van der Waals surface area contributed by atoms with Crippen molar-refractivity contribution in [2.45, 2.75) is 19.9 Å². The fourth-order valence-corrected chi connectivity index (χ4v) is 3.38. The van der Waals surface area contributed by atoms with Gasteiger partial charge in [-0.1, -0.05) is 0 Å². The van der Waals surface area contributed by atoms with Crippen molar-refractivity contribution in [3.8, 4) is 0 Å². The Morgan fingerprint density at radius 2 is 1.71 bits per heavy atom. The third-order valence-corrected chi connectivity index (χ3v) is 5.01. The SMILES string of the molecule is CC(=O)C(C)N(C)P(=O)(O)OP(C)(=O)O.[Re].[Rf]. The van der Waals surface area contributed by atoms with Crippen LogP contribution in [0.5, 0.6) is 0 Å². The molecule has 0 aliphatic heterocycles. The van der Waals surface area contributed by atoms with E-state index in [-0.39, 0.29) is 26.2 Å². The quantitative estimate of drug-likeness (QED) is 0.408. The molecule has 3 atom stereocenters. The standard InChI is InChI=1S/C6H15NO6P2.Re.Rf/c1-5(6(2)8)7(3)15(11,12)13-14(4,9)10;;/h5H,1-4H3,(H,9,10)(H,11,12);;. The van der Waals surface area contributed by atoms with Crippen LogP contribution >= 0.6 is 15.3 Å². The number of nitrogens with zero attached hydrogens (tertiary/aromatic N) is 1. The minimum absolute atomic E-state index is 0. The van der Waals surface area contributed by atoms with Gasteiger partial charge in [0, 0.05) is 27.1 Å². The van der Waals surface area contributed by atoms with Gasteiger partial charge in [0.1, 0.15) is 5.78 Å². The number of likely N-dealkylation sites (N-methyl/N-ethyl adjacent to an activating group) is 1. The Bertz CT molecular complexity index is 347. The van der Waals surface area contributed by atoms with E-state index in [1.165, 1.54) is 20.9 Å². The second-order valence-corrected chi connectivity index (χ2v) is 7.11. The molecule has 0 aliphatic carbocycles. The largest absolute Gasteiger partial charge is 0.413 e.